The summed E-state index contributed by atoms with van der Waals surface area (Å²) in [6.45, 7) is 0.0317. The predicted molar refractivity (Wildman–Crippen MR) is 42.5 cm³/mol. The number of nitrogens with one attached hydrogen (secondary N) is 1. The van der Waals surface area contributed by atoms with Crippen LogP contribution in [0.15, 0.2) is 18.6 Å². The van der Waals surface area contributed by atoms with Crippen molar-refractivity contribution in [2.45, 2.75) is 0 Å². The van der Waals surface area contributed by atoms with E-state index in [-0.39, 0.29) is 12.5 Å². The summed E-state index contributed by atoms with van der Waals surface area (Å²) in [6.07, 6.45) is 2.91. The van der Waals surface area contributed by atoms with E-state index in [1.54, 1.807) is 12.3 Å². The van der Waals surface area contributed by atoms with Gasteiger partial charge in [0.2, 0.25) is 0 Å². The number of hydrogen-bond donors (Lipinski definition) is 1. The van der Waals surface area contributed by atoms with Crippen LogP contribution in [0.5, 0.6) is 0 Å². The average molecular weight is 167 g/mol. The molecule has 1 rings (SSSR count). The zero-order valence-corrected chi connectivity index (χ0v) is 6.65. The molecule has 5 heteroatoms. The van der Waals surface area contributed by atoms with Crippen molar-refractivity contribution in [1.82, 2.24) is 9.97 Å². The maximum absolute atomic E-state index is 10.9. The van der Waals surface area contributed by atoms with Gasteiger partial charge in [-0.2, -0.15) is 0 Å². The summed E-state index contributed by atoms with van der Waals surface area (Å²) in [5.41, 5.74) is 0. The molecule has 0 radical (unpaired) electrons. The Balaban J connectivity index is 2.47. The lowest BCUT2D eigenvalue weighted by atomic mass is 10.5. The van der Waals surface area contributed by atoms with Crippen molar-refractivity contribution >= 4 is 11.7 Å². The molecule has 0 bridgehead atoms. The van der Waals surface area contributed by atoms with Crippen molar-refractivity contribution in [3.8, 4) is 0 Å². The Kier molecular flexibility index (Phi) is 3.16. The van der Waals surface area contributed by atoms with Crippen LogP contribution >= 0.6 is 0 Å². The zero-order chi connectivity index (χ0) is 8.81. The fourth-order valence-electron chi connectivity index (χ4n) is 0.675. The highest BCUT2D eigenvalue weighted by Gasteiger charge is 2.00. The molecule has 0 aliphatic rings. The van der Waals surface area contributed by atoms with Crippen LogP contribution in [0.2, 0.25) is 0 Å². The van der Waals surface area contributed by atoms with Crippen LogP contribution in [-0.2, 0) is 9.53 Å². The van der Waals surface area contributed by atoms with E-state index in [0.29, 0.717) is 5.82 Å². The third kappa shape index (κ3) is 2.63. The van der Waals surface area contributed by atoms with Crippen LogP contribution in [0, 0.1) is 0 Å². The number of anilines is 1. The number of nitrogens with zero attached hydrogens (tertiary/aromatic N) is 2. The normalized spacial score (nSPS) is 9.42. The van der Waals surface area contributed by atoms with Gasteiger partial charge >= 0.3 is 0 Å². The summed E-state index contributed by atoms with van der Waals surface area (Å²) in [7, 11) is 1.46. The van der Waals surface area contributed by atoms with Gasteiger partial charge in [0.05, 0.1) is 0 Å². The van der Waals surface area contributed by atoms with Gasteiger partial charge in [-0.1, -0.05) is 0 Å². The second-order valence-electron chi connectivity index (χ2n) is 2.08. The largest absolute Gasteiger partial charge is 0.375 e. The maximum atomic E-state index is 10.9. The first kappa shape index (κ1) is 8.61. The van der Waals surface area contributed by atoms with Gasteiger partial charge in [0, 0.05) is 13.3 Å². The molecule has 0 unspecified atom stereocenters. The minimum Gasteiger partial charge on any atom is -0.375 e. The zero-order valence-electron chi connectivity index (χ0n) is 6.65. The minimum absolute atomic E-state index is 0.0317. The van der Waals surface area contributed by atoms with Crippen molar-refractivity contribution in [3.63, 3.8) is 0 Å². The number of methoxy groups -OCH3 is 1. The van der Waals surface area contributed by atoms with Gasteiger partial charge in [-0.3, -0.25) is 4.79 Å². The third-order valence-electron chi connectivity index (χ3n) is 1.12. The second kappa shape index (κ2) is 4.40. The highest BCUT2D eigenvalue weighted by atomic mass is 16.5. The third-order valence-corrected chi connectivity index (χ3v) is 1.12. The standard InChI is InChI=1S/C7H9N3O2/c1-12-4-7(11)10-6-2-3-8-5-9-6/h2-3,5H,4H2,1H3,(H,8,9,10,11). The fraction of sp³-hybridized carbons (Fsp3) is 0.286. The number of hydrogen-bond acceptors (Lipinski definition) is 4. The van der Waals surface area contributed by atoms with Gasteiger partial charge in [0.25, 0.3) is 5.91 Å². The molecule has 0 atom stereocenters. The number of ether oxygens (including phenoxy) is 1. The Bertz CT molecular complexity index is 250. The molecule has 12 heavy (non-hydrogen) atoms. The van der Waals surface area contributed by atoms with Crippen LogP contribution < -0.4 is 5.32 Å². The van der Waals surface area contributed by atoms with Crippen LogP contribution in [0.4, 0.5) is 5.82 Å². The van der Waals surface area contributed by atoms with E-state index in [9.17, 15) is 4.79 Å². The van der Waals surface area contributed by atoms with E-state index in [2.05, 4.69) is 20.0 Å². The molecular weight excluding hydrogens is 158 g/mol. The molecule has 1 heterocycles. The first-order valence-electron chi connectivity index (χ1n) is 3.37. The maximum Gasteiger partial charge on any atom is 0.251 e. The SMILES string of the molecule is COCC(=O)Nc1ccncn1. The molecule has 1 N–H and O–H groups in total. The molecule has 0 saturated heterocycles. The summed E-state index contributed by atoms with van der Waals surface area (Å²) in [5.74, 6) is 0.253. The van der Waals surface area contributed by atoms with Crippen LogP contribution in [0.3, 0.4) is 0 Å². The summed E-state index contributed by atoms with van der Waals surface area (Å²) in [4.78, 5) is 18.4. The average Bonchev–Trinajstić information content (AvgIpc) is 2.06. The van der Waals surface area contributed by atoms with E-state index in [4.69, 9.17) is 0 Å². The predicted octanol–water partition coefficient (Wildman–Crippen LogP) is 0.0615. The lowest BCUT2D eigenvalue weighted by molar-refractivity contribution is -0.119. The van der Waals surface area contributed by atoms with E-state index >= 15 is 0 Å². The molecular formula is C7H9N3O2. The molecule has 0 aliphatic carbocycles. The van der Waals surface area contributed by atoms with Crippen LogP contribution in [-0.4, -0.2) is 29.6 Å². The number of carbonyl (C=O) groups is 1. The van der Waals surface area contributed by atoms with Gasteiger partial charge in [0.1, 0.15) is 18.8 Å². The molecule has 1 aromatic rings. The van der Waals surface area contributed by atoms with Gasteiger partial charge in [-0.05, 0) is 6.07 Å². The summed E-state index contributed by atoms with van der Waals surface area (Å²) >= 11 is 0. The smallest absolute Gasteiger partial charge is 0.251 e. The van der Waals surface area contributed by atoms with Gasteiger partial charge in [0.15, 0.2) is 0 Å². The topological polar surface area (TPSA) is 64.1 Å². The first-order chi connectivity index (χ1) is 5.83. The molecule has 0 aliphatic heterocycles. The van der Waals surface area contributed by atoms with Crippen molar-refractivity contribution in [2.24, 2.45) is 0 Å². The van der Waals surface area contributed by atoms with Gasteiger partial charge in [-0.15, -0.1) is 0 Å². The Labute approximate surface area is 69.8 Å². The summed E-state index contributed by atoms with van der Waals surface area (Å²) in [5, 5.41) is 2.53. The Hall–Kier alpha value is -1.49. The lowest BCUT2D eigenvalue weighted by Gasteiger charge is -2.01. The minimum atomic E-state index is -0.226. The van der Waals surface area contributed by atoms with Crippen molar-refractivity contribution in [1.29, 1.82) is 0 Å². The highest BCUT2D eigenvalue weighted by molar-refractivity contribution is 5.90. The van der Waals surface area contributed by atoms with E-state index in [1.165, 1.54) is 13.4 Å². The Morgan fingerprint density at radius 1 is 1.75 bits per heavy atom. The Morgan fingerprint density at radius 3 is 3.17 bits per heavy atom. The van der Waals surface area contributed by atoms with Gasteiger partial charge < -0.3 is 10.1 Å². The Morgan fingerprint density at radius 2 is 2.58 bits per heavy atom. The number of rotatable bonds is 3. The van der Waals surface area contributed by atoms with E-state index in [1.807, 2.05) is 0 Å². The molecule has 1 amide bonds. The number of aromatic nitrogens is 2. The van der Waals surface area contributed by atoms with Gasteiger partial charge in [-0.25, -0.2) is 9.97 Å². The quantitative estimate of drug-likeness (QED) is 0.691. The highest BCUT2D eigenvalue weighted by Crippen LogP contribution is 1.96. The van der Waals surface area contributed by atoms with E-state index < -0.39 is 0 Å². The molecule has 0 fully saturated rings. The van der Waals surface area contributed by atoms with Crippen molar-refractivity contribution in [3.05, 3.63) is 18.6 Å². The molecule has 0 aromatic carbocycles. The lowest BCUT2D eigenvalue weighted by Crippen LogP contribution is -2.17. The van der Waals surface area contributed by atoms with Crippen molar-refractivity contribution < 1.29 is 9.53 Å². The molecule has 5 nitrogen and oxygen atoms in total. The second-order valence-corrected chi connectivity index (χ2v) is 2.08. The molecule has 1 aromatic heterocycles. The molecule has 0 spiro atoms. The number of amides is 1. The summed E-state index contributed by atoms with van der Waals surface area (Å²) < 4.78 is 4.62. The monoisotopic (exact) mass is 167 g/mol. The van der Waals surface area contributed by atoms with Crippen LogP contribution in [0.1, 0.15) is 0 Å². The van der Waals surface area contributed by atoms with E-state index in [0.717, 1.165) is 0 Å². The summed E-state index contributed by atoms with van der Waals surface area (Å²) in [6, 6.07) is 1.60. The first-order valence-corrected chi connectivity index (χ1v) is 3.37. The van der Waals surface area contributed by atoms with Crippen molar-refractivity contribution in [2.75, 3.05) is 19.0 Å². The fourth-order valence-corrected chi connectivity index (χ4v) is 0.675. The number of carbonyl (C=O) groups excluding carboxylic acids is 1. The molecule has 64 valence electrons. The van der Waals surface area contributed by atoms with Crippen LogP contribution in [0.25, 0.3) is 0 Å². The molecule has 0 saturated carbocycles.